The molecular weight excluding hydrogens is 270 g/mol. The average Bonchev–Trinajstić information content (AvgIpc) is 2.42. The second-order valence-corrected chi connectivity index (χ2v) is 6.37. The second-order valence-electron chi connectivity index (χ2n) is 5.96. The van der Waals surface area contributed by atoms with Crippen LogP contribution in [0.2, 0.25) is 5.02 Å². The maximum absolute atomic E-state index is 6.23. The van der Waals surface area contributed by atoms with Gasteiger partial charge in [0.25, 0.3) is 0 Å². The number of hydrogen-bond acceptors (Lipinski definition) is 3. The van der Waals surface area contributed by atoms with E-state index < -0.39 is 0 Å². The summed E-state index contributed by atoms with van der Waals surface area (Å²) in [6, 6.07) is 7.43. The third-order valence-corrected chi connectivity index (χ3v) is 4.74. The van der Waals surface area contributed by atoms with Crippen molar-refractivity contribution in [2.75, 3.05) is 6.54 Å². The lowest BCUT2D eigenvalue weighted by molar-refractivity contribution is 0.0304. The fourth-order valence-electron chi connectivity index (χ4n) is 2.94. The zero-order chi connectivity index (χ0) is 14.7. The zero-order valence-electron chi connectivity index (χ0n) is 12.7. The molecule has 0 radical (unpaired) electrons. The summed E-state index contributed by atoms with van der Waals surface area (Å²) in [5.74, 6) is 0. The van der Waals surface area contributed by atoms with Gasteiger partial charge in [-0.3, -0.25) is 0 Å². The number of hydrazine groups is 1. The Kier molecular flexibility index (Phi) is 5.44. The van der Waals surface area contributed by atoms with Gasteiger partial charge < -0.3 is 5.73 Å². The van der Waals surface area contributed by atoms with Crippen molar-refractivity contribution < 1.29 is 0 Å². The van der Waals surface area contributed by atoms with Crippen molar-refractivity contribution in [1.82, 2.24) is 10.4 Å². The second kappa shape index (κ2) is 6.90. The minimum absolute atomic E-state index is 0.121. The first-order valence-electron chi connectivity index (χ1n) is 7.53. The molecule has 0 aromatic heterocycles. The van der Waals surface area contributed by atoms with E-state index in [4.69, 9.17) is 17.3 Å². The first-order valence-corrected chi connectivity index (χ1v) is 7.91. The highest BCUT2D eigenvalue weighted by Crippen LogP contribution is 2.25. The number of nitrogens with two attached hydrogens (primary N) is 1. The Morgan fingerprint density at radius 2 is 2.00 bits per heavy atom. The zero-order valence-corrected chi connectivity index (χ0v) is 13.5. The van der Waals surface area contributed by atoms with Crippen LogP contribution in [0.25, 0.3) is 0 Å². The van der Waals surface area contributed by atoms with E-state index in [1.54, 1.807) is 0 Å². The number of hydrogen-bond donors (Lipinski definition) is 2. The highest BCUT2D eigenvalue weighted by atomic mass is 35.5. The molecule has 0 spiro atoms. The Labute approximate surface area is 127 Å². The standard InChI is InChI=1S/C16H26ClN3/c1-11-7-8-14(9-15(11)17)16(10-18)19-20-12(2)5-4-6-13(20)3/h7-9,12-13,16,19H,4-6,10,18H2,1-3H3. The van der Waals surface area contributed by atoms with Crippen LogP contribution in [0.4, 0.5) is 0 Å². The molecule has 0 bridgehead atoms. The first kappa shape index (κ1) is 15.8. The lowest BCUT2D eigenvalue weighted by Crippen LogP contribution is -2.54. The summed E-state index contributed by atoms with van der Waals surface area (Å²) in [6.07, 6.45) is 3.79. The number of nitrogens with zero attached hydrogens (tertiary/aromatic N) is 1. The molecule has 3 nitrogen and oxygen atoms in total. The Hall–Kier alpha value is -0.610. The smallest absolute Gasteiger partial charge is 0.0587 e. The largest absolute Gasteiger partial charge is 0.329 e. The van der Waals surface area contributed by atoms with Crippen LogP contribution in [0.5, 0.6) is 0 Å². The van der Waals surface area contributed by atoms with Crippen molar-refractivity contribution >= 4 is 11.6 Å². The summed E-state index contributed by atoms with van der Waals surface area (Å²) in [4.78, 5) is 0. The van der Waals surface area contributed by atoms with E-state index >= 15 is 0 Å². The monoisotopic (exact) mass is 295 g/mol. The van der Waals surface area contributed by atoms with Crippen LogP contribution < -0.4 is 11.2 Å². The van der Waals surface area contributed by atoms with E-state index in [1.165, 1.54) is 19.3 Å². The van der Waals surface area contributed by atoms with E-state index in [2.05, 4.69) is 36.4 Å². The molecule has 1 aromatic carbocycles. The third kappa shape index (κ3) is 3.53. The highest BCUT2D eigenvalue weighted by molar-refractivity contribution is 6.31. The van der Waals surface area contributed by atoms with Crippen molar-refractivity contribution in [1.29, 1.82) is 0 Å². The van der Waals surface area contributed by atoms with Crippen molar-refractivity contribution in [3.05, 3.63) is 34.3 Å². The molecule has 1 heterocycles. The molecule has 3 unspecified atom stereocenters. The molecule has 20 heavy (non-hydrogen) atoms. The summed E-state index contributed by atoms with van der Waals surface area (Å²) in [7, 11) is 0. The molecule has 112 valence electrons. The summed E-state index contributed by atoms with van der Waals surface area (Å²) in [5.41, 5.74) is 11.8. The van der Waals surface area contributed by atoms with Gasteiger partial charge in [0.05, 0.1) is 6.04 Å². The molecule has 1 aliphatic heterocycles. The maximum atomic E-state index is 6.23. The van der Waals surface area contributed by atoms with E-state index in [0.717, 1.165) is 16.1 Å². The Bertz CT molecular complexity index is 439. The highest BCUT2D eigenvalue weighted by Gasteiger charge is 2.26. The van der Waals surface area contributed by atoms with Crippen molar-refractivity contribution in [2.24, 2.45) is 5.73 Å². The van der Waals surface area contributed by atoms with Crippen LogP contribution in [-0.2, 0) is 0 Å². The summed E-state index contributed by atoms with van der Waals surface area (Å²) >= 11 is 6.23. The first-order chi connectivity index (χ1) is 9.52. The van der Waals surface area contributed by atoms with E-state index in [9.17, 15) is 0 Å². The van der Waals surface area contributed by atoms with Gasteiger partial charge in [-0.05, 0) is 50.8 Å². The molecular formula is C16H26ClN3. The lowest BCUT2D eigenvalue weighted by atomic mass is 9.99. The molecule has 2 rings (SSSR count). The van der Waals surface area contributed by atoms with Crippen LogP contribution in [0.3, 0.4) is 0 Å². The van der Waals surface area contributed by atoms with Gasteiger partial charge in [-0.2, -0.15) is 0 Å². The number of benzene rings is 1. The fraction of sp³-hybridized carbons (Fsp3) is 0.625. The molecule has 0 aliphatic carbocycles. The van der Waals surface area contributed by atoms with Crippen LogP contribution in [0.1, 0.15) is 50.3 Å². The maximum Gasteiger partial charge on any atom is 0.0587 e. The summed E-state index contributed by atoms with van der Waals surface area (Å²) in [6.45, 7) is 7.14. The Morgan fingerprint density at radius 3 is 2.55 bits per heavy atom. The SMILES string of the molecule is Cc1ccc(C(CN)NN2C(C)CCCC2C)cc1Cl. The van der Waals surface area contributed by atoms with Crippen molar-refractivity contribution in [2.45, 2.75) is 58.2 Å². The van der Waals surface area contributed by atoms with E-state index in [1.807, 2.05) is 13.0 Å². The van der Waals surface area contributed by atoms with Crippen LogP contribution in [0, 0.1) is 6.92 Å². The molecule has 1 saturated heterocycles. The van der Waals surface area contributed by atoms with Crippen molar-refractivity contribution in [3.8, 4) is 0 Å². The molecule has 4 heteroatoms. The predicted molar refractivity (Wildman–Crippen MR) is 85.7 cm³/mol. The molecule has 1 fully saturated rings. The molecule has 3 N–H and O–H groups in total. The fourth-order valence-corrected chi connectivity index (χ4v) is 3.13. The summed E-state index contributed by atoms with van der Waals surface area (Å²) in [5, 5.41) is 3.18. The quantitative estimate of drug-likeness (QED) is 0.894. The van der Waals surface area contributed by atoms with Gasteiger partial charge in [0, 0.05) is 23.7 Å². The topological polar surface area (TPSA) is 41.3 Å². The molecule has 1 aliphatic rings. The van der Waals surface area contributed by atoms with Crippen LogP contribution >= 0.6 is 11.6 Å². The van der Waals surface area contributed by atoms with Crippen LogP contribution in [-0.4, -0.2) is 23.6 Å². The average molecular weight is 296 g/mol. The third-order valence-electron chi connectivity index (χ3n) is 4.33. The molecule has 0 saturated carbocycles. The predicted octanol–water partition coefficient (Wildman–Crippen LogP) is 3.42. The summed E-state index contributed by atoms with van der Waals surface area (Å²) < 4.78 is 0. The normalized spacial score (nSPS) is 25.6. The number of piperidine rings is 1. The number of rotatable bonds is 4. The van der Waals surface area contributed by atoms with E-state index in [-0.39, 0.29) is 6.04 Å². The van der Waals surface area contributed by atoms with Crippen LogP contribution in [0.15, 0.2) is 18.2 Å². The van der Waals surface area contributed by atoms with Gasteiger partial charge in [0.2, 0.25) is 0 Å². The van der Waals surface area contributed by atoms with Gasteiger partial charge in [-0.1, -0.05) is 30.2 Å². The van der Waals surface area contributed by atoms with Gasteiger partial charge in [-0.25, -0.2) is 10.4 Å². The van der Waals surface area contributed by atoms with Gasteiger partial charge >= 0.3 is 0 Å². The minimum Gasteiger partial charge on any atom is -0.329 e. The number of aryl methyl sites for hydroxylation is 1. The molecule has 1 aromatic rings. The van der Waals surface area contributed by atoms with Crippen molar-refractivity contribution in [3.63, 3.8) is 0 Å². The molecule has 3 atom stereocenters. The Balaban J connectivity index is 2.13. The lowest BCUT2D eigenvalue weighted by Gasteiger charge is -2.41. The van der Waals surface area contributed by atoms with Gasteiger partial charge in [0.15, 0.2) is 0 Å². The van der Waals surface area contributed by atoms with E-state index in [0.29, 0.717) is 18.6 Å². The molecule has 0 amide bonds. The number of halogens is 1. The number of nitrogens with one attached hydrogen (secondary N) is 1. The van der Waals surface area contributed by atoms with Gasteiger partial charge in [-0.15, -0.1) is 0 Å². The Morgan fingerprint density at radius 1 is 1.35 bits per heavy atom. The van der Waals surface area contributed by atoms with Gasteiger partial charge in [0.1, 0.15) is 0 Å². The minimum atomic E-state index is 0.121.